The average Bonchev–Trinajstić information content (AvgIpc) is 2.78. The summed E-state index contributed by atoms with van der Waals surface area (Å²) < 4.78 is 5.77. The minimum Gasteiger partial charge on any atom is -0.376 e. The molecule has 0 saturated carbocycles. The molecule has 7 nitrogen and oxygen atoms in total. The van der Waals surface area contributed by atoms with Gasteiger partial charge in [-0.25, -0.2) is 0 Å². The number of amides is 1. The van der Waals surface area contributed by atoms with Crippen molar-refractivity contribution >= 4 is 35.8 Å². The molecule has 2 aromatic rings. The van der Waals surface area contributed by atoms with Crippen molar-refractivity contribution in [2.24, 2.45) is 10.9 Å². The van der Waals surface area contributed by atoms with Gasteiger partial charge in [-0.2, -0.15) is 0 Å². The van der Waals surface area contributed by atoms with Crippen LogP contribution in [0.15, 0.2) is 59.7 Å². The van der Waals surface area contributed by atoms with Crippen LogP contribution >= 0.6 is 24.0 Å². The second-order valence-corrected chi connectivity index (χ2v) is 7.30. The number of nitrogens with zero attached hydrogens (tertiary/aromatic N) is 3. The maximum Gasteiger partial charge on any atom is 0.241 e. The topological polar surface area (TPSA) is 78.9 Å². The lowest BCUT2D eigenvalue weighted by Crippen LogP contribution is -2.45. The SMILES string of the molecule is CN=C(NCC(=O)N(C)CCc1ccccn1)NCC(C)COCc1ccccc1.I. The summed E-state index contributed by atoms with van der Waals surface area (Å²) in [5.41, 5.74) is 2.15. The van der Waals surface area contributed by atoms with Crippen LogP contribution < -0.4 is 10.6 Å². The molecule has 0 bridgehead atoms. The van der Waals surface area contributed by atoms with E-state index in [0.717, 1.165) is 12.1 Å². The van der Waals surface area contributed by atoms with Crippen LogP contribution in [-0.4, -0.2) is 62.1 Å². The lowest BCUT2D eigenvalue weighted by Gasteiger charge is -2.19. The Balaban J connectivity index is 0.00000480. The molecule has 0 aliphatic rings. The molecule has 0 fully saturated rings. The molecule has 0 saturated heterocycles. The van der Waals surface area contributed by atoms with Gasteiger partial charge in [0, 0.05) is 45.5 Å². The fourth-order valence-corrected chi connectivity index (χ4v) is 2.75. The zero-order valence-electron chi connectivity index (χ0n) is 18.6. The third-order valence-corrected chi connectivity index (χ3v) is 4.62. The van der Waals surface area contributed by atoms with Crippen LogP contribution in [0.1, 0.15) is 18.2 Å². The van der Waals surface area contributed by atoms with Crippen molar-refractivity contribution in [1.82, 2.24) is 20.5 Å². The maximum atomic E-state index is 12.3. The van der Waals surface area contributed by atoms with Gasteiger partial charge < -0.3 is 20.3 Å². The fraction of sp³-hybridized carbons (Fsp3) is 0.435. The highest BCUT2D eigenvalue weighted by molar-refractivity contribution is 14.0. The van der Waals surface area contributed by atoms with Gasteiger partial charge in [-0.1, -0.05) is 43.3 Å². The molecule has 1 atom stereocenters. The lowest BCUT2D eigenvalue weighted by molar-refractivity contribution is -0.128. The molecular formula is C23H34IN5O2. The molecule has 1 unspecified atom stereocenters. The number of likely N-dealkylation sites (N-methyl/N-ethyl adjacent to an activating group) is 1. The highest BCUT2D eigenvalue weighted by Crippen LogP contribution is 2.03. The molecule has 0 aliphatic heterocycles. The molecule has 31 heavy (non-hydrogen) atoms. The van der Waals surface area contributed by atoms with E-state index in [0.29, 0.717) is 38.2 Å². The zero-order valence-corrected chi connectivity index (χ0v) is 20.9. The quantitative estimate of drug-likeness (QED) is 0.261. The van der Waals surface area contributed by atoms with E-state index >= 15 is 0 Å². The summed E-state index contributed by atoms with van der Waals surface area (Å²) in [5.74, 6) is 0.925. The van der Waals surface area contributed by atoms with Gasteiger partial charge in [-0.05, 0) is 23.6 Å². The first-order valence-corrected chi connectivity index (χ1v) is 10.3. The molecule has 2 rings (SSSR count). The molecule has 0 aliphatic carbocycles. The van der Waals surface area contributed by atoms with Crippen LogP contribution in [0.4, 0.5) is 0 Å². The molecule has 1 aromatic heterocycles. The third kappa shape index (κ3) is 11.1. The molecule has 170 valence electrons. The monoisotopic (exact) mass is 539 g/mol. The summed E-state index contributed by atoms with van der Waals surface area (Å²) in [6.07, 6.45) is 2.50. The Kier molecular flexibility index (Phi) is 13.5. The van der Waals surface area contributed by atoms with Crippen LogP contribution in [0.2, 0.25) is 0 Å². The number of guanidine groups is 1. The number of rotatable bonds is 11. The number of benzene rings is 1. The van der Waals surface area contributed by atoms with E-state index in [9.17, 15) is 4.79 Å². The first-order valence-electron chi connectivity index (χ1n) is 10.3. The van der Waals surface area contributed by atoms with Gasteiger partial charge in [0.2, 0.25) is 5.91 Å². The van der Waals surface area contributed by atoms with Crippen molar-refractivity contribution in [2.75, 3.05) is 40.3 Å². The molecule has 1 aromatic carbocycles. The Morgan fingerprint density at radius 3 is 2.58 bits per heavy atom. The van der Waals surface area contributed by atoms with E-state index in [2.05, 4.69) is 39.7 Å². The van der Waals surface area contributed by atoms with Crippen LogP contribution in [0, 0.1) is 5.92 Å². The summed E-state index contributed by atoms with van der Waals surface area (Å²) >= 11 is 0. The molecule has 1 heterocycles. The molecule has 2 N–H and O–H groups in total. The van der Waals surface area contributed by atoms with Crippen LogP contribution in [0.3, 0.4) is 0 Å². The lowest BCUT2D eigenvalue weighted by atomic mass is 10.2. The van der Waals surface area contributed by atoms with Gasteiger partial charge in [0.05, 0.1) is 19.8 Å². The number of carbonyl (C=O) groups is 1. The smallest absolute Gasteiger partial charge is 0.241 e. The number of pyridine rings is 1. The third-order valence-electron chi connectivity index (χ3n) is 4.62. The number of carbonyl (C=O) groups excluding carboxylic acids is 1. The van der Waals surface area contributed by atoms with Crippen LogP contribution in [0.5, 0.6) is 0 Å². The second kappa shape index (κ2) is 15.6. The van der Waals surface area contributed by atoms with Gasteiger partial charge in [0.25, 0.3) is 0 Å². The second-order valence-electron chi connectivity index (χ2n) is 7.30. The Hall–Kier alpha value is -2.20. The Morgan fingerprint density at radius 2 is 1.90 bits per heavy atom. The number of aromatic nitrogens is 1. The van der Waals surface area contributed by atoms with Gasteiger partial charge in [0.1, 0.15) is 0 Å². The highest BCUT2D eigenvalue weighted by Gasteiger charge is 2.10. The van der Waals surface area contributed by atoms with Gasteiger partial charge in [-0.15, -0.1) is 24.0 Å². The number of hydrogen-bond donors (Lipinski definition) is 2. The van der Waals surface area contributed by atoms with Crippen molar-refractivity contribution < 1.29 is 9.53 Å². The normalized spacial score (nSPS) is 11.9. The molecular weight excluding hydrogens is 505 g/mol. The Morgan fingerprint density at radius 1 is 1.16 bits per heavy atom. The number of nitrogens with one attached hydrogen (secondary N) is 2. The van der Waals surface area contributed by atoms with Crippen LogP contribution in [-0.2, 0) is 22.6 Å². The first-order chi connectivity index (χ1) is 14.6. The molecule has 0 spiro atoms. The van der Waals surface area contributed by atoms with Crippen molar-refractivity contribution in [3.63, 3.8) is 0 Å². The minimum absolute atomic E-state index is 0. The summed E-state index contributed by atoms with van der Waals surface area (Å²) in [7, 11) is 3.50. The van der Waals surface area contributed by atoms with Gasteiger partial charge >= 0.3 is 0 Å². The summed E-state index contributed by atoms with van der Waals surface area (Å²) in [6, 6.07) is 15.9. The number of halogens is 1. The predicted octanol–water partition coefficient (Wildman–Crippen LogP) is 2.72. The van der Waals surface area contributed by atoms with Crippen molar-refractivity contribution in [3.8, 4) is 0 Å². The van der Waals surface area contributed by atoms with Crippen molar-refractivity contribution in [1.29, 1.82) is 0 Å². The summed E-state index contributed by atoms with van der Waals surface area (Å²) in [4.78, 5) is 22.5. The first kappa shape index (κ1) is 26.8. The van der Waals surface area contributed by atoms with E-state index in [-0.39, 0.29) is 36.4 Å². The van der Waals surface area contributed by atoms with Crippen LogP contribution in [0.25, 0.3) is 0 Å². The van der Waals surface area contributed by atoms with E-state index in [1.165, 1.54) is 5.56 Å². The van der Waals surface area contributed by atoms with E-state index in [1.807, 2.05) is 36.4 Å². The summed E-state index contributed by atoms with van der Waals surface area (Å²) in [6.45, 7) is 4.89. The van der Waals surface area contributed by atoms with E-state index < -0.39 is 0 Å². The molecule has 8 heteroatoms. The Bertz CT molecular complexity index is 774. The number of ether oxygens (including phenoxy) is 1. The standard InChI is InChI=1S/C23H33N5O2.HI/c1-19(17-30-18-20-9-5-4-6-10-20)15-26-23(24-2)27-16-22(29)28(3)14-12-21-11-7-8-13-25-21;/h4-11,13,19H,12,14-18H2,1-3H3,(H2,24,26,27);1H. The largest absolute Gasteiger partial charge is 0.376 e. The minimum atomic E-state index is 0. The molecule has 0 radical (unpaired) electrons. The van der Waals surface area contributed by atoms with E-state index in [1.54, 1.807) is 25.2 Å². The number of hydrogen-bond acceptors (Lipinski definition) is 4. The van der Waals surface area contributed by atoms with E-state index in [4.69, 9.17) is 4.74 Å². The number of aliphatic imine (C=N–C) groups is 1. The highest BCUT2D eigenvalue weighted by atomic mass is 127. The fourth-order valence-electron chi connectivity index (χ4n) is 2.75. The van der Waals surface area contributed by atoms with Crippen molar-refractivity contribution in [2.45, 2.75) is 20.0 Å². The summed E-state index contributed by atoms with van der Waals surface area (Å²) in [5, 5.41) is 6.32. The predicted molar refractivity (Wildman–Crippen MR) is 136 cm³/mol. The average molecular weight is 539 g/mol. The maximum absolute atomic E-state index is 12.3. The van der Waals surface area contributed by atoms with Crippen molar-refractivity contribution in [3.05, 3.63) is 66.0 Å². The van der Waals surface area contributed by atoms with Gasteiger partial charge in [0.15, 0.2) is 5.96 Å². The van der Waals surface area contributed by atoms with Gasteiger partial charge in [-0.3, -0.25) is 14.8 Å². The Labute approximate surface area is 202 Å². The zero-order chi connectivity index (χ0) is 21.6. The molecule has 1 amide bonds.